The Morgan fingerprint density at radius 2 is 2.00 bits per heavy atom. The van der Waals surface area contributed by atoms with E-state index in [1.807, 2.05) is 25.1 Å². The number of aromatic nitrogens is 5. The highest BCUT2D eigenvalue weighted by Crippen LogP contribution is 2.24. The van der Waals surface area contributed by atoms with E-state index in [0.29, 0.717) is 5.69 Å². The molecule has 138 valence electrons. The van der Waals surface area contributed by atoms with E-state index in [1.54, 1.807) is 11.3 Å². The fourth-order valence-electron chi connectivity index (χ4n) is 2.99. The van der Waals surface area contributed by atoms with E-state index in [4.69, 9.17) is 0 Å². The van der Waals surface area contributed by atoms with Crippen LogP contribution in [0.4, 0.5) is 5.69 Å². The highest BCUT2D eigenvalue weighted by atomic mass is 32.1. The molecule has 1 N–H and O–H groups in total. The Morgan fingerprint density at radius 1 is 1.22 bits per heavy atom. The molecule has 10 heteroatoms. The molecule has 0 atom stereocenters. The Bertz CT molecular complexity index is 1330. The van der Waals surface area contributed by atoms with Crippen molar-refractivity contribution in [2.45, 2.75) is 13.5 Å². The van der Waals surface area contributed by atoms with Crippen LogP contribution in [-0.4, -0.2) is 29.6 Å². The number of anilines is 1. The number of benzene rings is 1. The SMILES string of the molecule is Cc1nc2cc(NC(=O)Cn3cnc4c3c(=O)n(C)c(=O)n4C)ccc2s1. The minimum absolute atomic E-state index is 0.0991. The summed E-state index contributed by atoms with van der Waals surface area (Å²) >= 11 is 1.59. The van der Waals surface area contributed by atoms with Crippen molar-refractivity contribution in [2.75, 3.05) is 5.32 Å². The lowest BCUT2D eigenvalue weighted by Gasteiger charge is -2.08. The minimum atomic E-state index is -0.488. The van der Waals surface area contributed by atoms with Gasteiger partial charge in [-0.25, -0.2) is 14.8 Å². The topological polar surface area (TPSA) is 104 Å². The molecule has 3 aromatic heterocycles. The van der Waals surface area contributed by atoms with E-state index >= 15 is 0 Å². The van der Waals surface area contributed by atoms with Crippen molar-refractivity contribution in [3.05, 3.63) is 50.4 Å². The predicted octanol–water partition coefficient (Wildman–Crippen LogP) is 0.991. The molecular formula is C17H16N6O3S. The maximum atomic E-state index is 12.5. The zero-order chi connectivity index (χ0) is 19.3. The number of nitrogens with one attached hydrogen (secondary N) is 1. The molecule has 9 nitrogen and oxygen atoms in total. The van der Waals surface area contributed by atoms with Gasteiger partial charge in [0.05, 0.1) is 21.6 Å². The fourth-order valence-corrected chi connectivity index (χ4v) is 3.80. The number of amides is 1. The van der Waals surface area contributed by atoms with Gasteiger partial charge in [-0.15, -0.1) is 11.3 Å². The third-order valence-electron chi connectivity index (χ3n) is 4.31. The molecule has 4 rings (SSSR count). The molecule has 0 radical (unpaired) electrons. The average Bonchev–Trinajstić information content (AvgIpc) is 3.20. The van der Waals surface area contributed by atoms with Crippen molar-refractivity contribution in [2.24, 2.45) is 14.1 Å². The van der Waals surface area contributed by atoms with Crippen LogP contribution in [0.1, 0.15) is 5.01 Å². The minimum Gasteiger partial charge on any atom is -0.324 e. The molecule has 0 aliphatic rings. The summed E-state index contributed by atoms with van der Waals surface area (Å²) in [6.07, 6.45) is 1.39. The van der Waals surface area contributed by atoms with Gasteiger partial charge in [-0.1, -0.05) is 0 Å². The molecule has 0 aliphatic heterocycles. The van der Waals surface area contributed by atoms with Gasteiger partial charge in [0.25, 0.3) is 5.56 Å². The lowest BCUT2D eigenvalue weighted by atomic mass is 10.3. The number of aryl methyl sites for hydroxylation is 2. The van der Waals surface area contributed by atoms with Crippen LogP contribution >= 0.6 is 11.3 Å². The van der Waals surface area contributed by atoms with E-state index in [-0.39, 0.29) is 23.6 Å². The molecule has 1 amide bonds. The first-order valence-corrected chi connectivity index (χ1v) is 8.94. The summed E-state index contributed by atoms with van der Waals surface area (Å²) in [6.45, 7) is 1.83. The quantitative estimate of drug-likeness (QED) is 0.567. The number of fused-ring (bicyclic) bond motifs is 2. The Kier molecular flexibility index (Phi) is 3.92. The standard InChI is InChI=1S/C17H16N6O3S/c1-9-19-11-6-10(4-5-12(11)27-9)20-13(24)7-23-8-18-15-14(23)16(25)22(3)17(26)21(15)2/h4-6,8H,7H2,1-3H3,(H,20,24). The van der Waals surface area contributed by atoms with Gasteiger partial charge in [0.2, 0.25) is 5.91 Å². The first-order chi connectivity index (χ1) is 12.8. The summed E-state index contributed by atoms with van der Waals surface area (Å²) in [5.74, 6) is -0.309. The summed E-state index contributed by atoms with van der Waals surface area (Å²) in [6, 6.07) is 5.53. The molecule has 0 aliphatic carbocycles. The van der Waals surface area contributed by atoms with Crippen molar-refractivity contribution in [3.8, 4) is 0 Å². The van der Waals surface area contributed by atoms with Gasteiger partial charge in [0.1, 0.15) is 6.54 Å². The summed E-state index contributed by atoms with van der Waals surface area (Å²) in [5.41, 5.74) is 0.956. The van der Waals surface area contributed by atoms with Crippen molar-refractivity contribution >= 4 is 44.3 Å². The molecular weight excluding hydrogens is 368 g/mol. The lowest BCUT2D eigenvalue weighted by Crippen LogP contribution is -2.37. The van der Waals surface area contributed by atoms with Crippen LogP contribution < -0.4 is 16.6 Å². The van der Waals surface area contributed by atoms with Gasteiger partial charge < -0.3 is 9.88 Å². The highest BCUT2D eigenvalue weighted by molar-refractivity contribution is 7.18. The van der Waals surface area contributed by atoms with Crippen LogP contribution in [0.5, 0.6) is 0 Å². The van der Waals surface area contributed by atoms with Crippen molar-refractivity contribution < 1.29 is 4.79 Å². The van der Waals surface area contributed by atoms with Gasteiger partial charge in [-0.05, 0) is 25.1 Å². The number of nitrogens with zero attached hydrogens (tertiary/aromatic N) is 5. The van der Waals surface area contributed by atoms with Gasteiger partial charge >= 0.3 is 5.69 Å². The van der Waals surface area contributed by atoms with Crippen LogP contribution in [0, 0.1) is 6.92 Å². The fraction of sp³-hybridized carbons (Fsp3) is 0.235. The van der Waals surface area contributed by atoms with E-state index in [9.17, 15) is 14.4 Å². The third kappa shape index (κ3) is 2.83. The van der Waals surface area contributed by atoms with E-state index in [2.05, 4.69) is 15.3 Å². The second kappa shape index (κ2) is 6.16. The summed E-state index contributed by atoms with van der Waals surface area (Å²) < 4.78 is 4.77. The average molecular weight is 384 g/mol. The molecule has 0 saturated heterocycles. The monoisotopic (exact) mass is 384 g/mol. The maximum Gasteiger partial charge on any atom is 0.332 e. The Balaban J connectivity index is 1.64. The van der Waals surface area contributed by atoms with E-state index in [1.165, 1.54) is 29.6 Å². The van der Waals surface area contributed by atoms with Crippen LogP contribution in [0.25, 0.3) is 21.4 Å². The smallest absolute Gasteiger partial charge is 0.324 e. The second-order valence-electron chi connectivity index (χ2n) is 6.21. The highest BCUT2D eigenvalue weighted by Gasteiger charge is 2.16. The number of thiazole rings is 1. The van der Waals surface area contributed by atoms with Crippen LogP contribution in [0.15, 0.2) is 34.1 Å². The van der Waals surface area contributed by atoms with E-state index < -0.39 is 11.2 Å². The number of hydrogen-bond donors (Lipinski definition) is 1. The van der Waals surface area contributed by atoms with Crippen molar-refractivity contribution in [3.63, 3.8) is 0 Å². The number of carbonyl (C=O) groups is 1. The first kappa shape index (κ1) is 17.2. The first-order valence-electron chi connectivity index (χ1n) is 8.13. The maximum absolute atomic E-state index is 12.5. The zero-order valence-electron chi connectivity index (χ0n) is 14.9. The number of rotatable bonds is 3. The Morgan fingerprint density at radius 3 is 2.78 bits per heavy atom. The lowest BCUT2D eigenvalue weighted by molar-refractivity contribution is -0.116. The molecule has 4 aromatic rings. The van der Waals surface area contributed by atoms with Crippen LogP contribution in [-0.2, 0) is 25.4 Å². The molecule has 1 aromatic carbocycles. The van der Waals surface area contributed by atoms with Crippen molar-refractivity contribution in [1.29, 1.82) is 0 Å². The zero-order valence-corrected chi connectivity index (χ0v) is 15.7. The van der Waals surface area contributed by atoms with Gasteiger partial charge in [0, 0.05) is 19.8 Å². The second-order valence-corrected chi connectivity index (χ2v) is 7.45. The Labute approximate surface area is 156 Å². The molecule has 0 unspecified atom stereocenters. The number of imidazole rings is 1. The summed E-state index contributed by atoms with van der Waals surface area (Å²) in [7, 11) is 2.93. The molecule has 0 bridgehead atoms. The van der Waals surface area contributed by atoms with Gasteiger partial charge in [0.15, 0.2) is 11.2 Å². The summed E-state index contributed by atoms with van der Waals surface area (Å²) in [4.78, 5) is 45.4. The van der Waals surface area contributed by atoms with Gasteiger partial charge in [-0.2, -0.15) is 0 Å². The van der Waals surface area contributed by atoms with Gasteiger partial charge in [-0.3, -0.25) is 18.7 Å². The molecule has 0 spiro atoms. The van der Waals surface area contributed by atoms with Crippen LogP contribution in [0.3, 0.4) is 0 Å². The van der Waals surface area contributed by atoms with Crippen LogP contribution in [0.2, 0.25) is 0 Å². The molecule has 27 heavy (non-hydrogen) atoms. The Hall–Kier alpha value is -3.27. The van der Waals surface area contributed by atoms with Crippen molar-refractivity contribution in [1.82, 2.24) is 23.7 Å². The molecule has 0 fully saturated rings. The predicted molar refractivity (Wildman–Crippen MR) is 103 cm³/mol. The number of carbonyl (C=O) groups excluding carboxylic acids is 1. The number of hydrogen-bond acceptors (Lipinski definition) is 6. The normalized spacial score (nSPS) is 11.4. The largest absolute Gasteiger partial charge is 0.332 e. The molecule has 3 heterocycles. The summed E-state index contributed by atoms with van der Waals surface area (Å²) in [5, 5.41) is 3.76. The molecule has 0 saturated carbocycles. The van der Waals surface area contributed by atoms with E-state index in [0.717, 1.165) is 19.8 Å². The third-order valence-corrected chi connectivity index (χ3v) is 5.26.